The molecule has 3 aliphatic heterocycles. The van der Waals surface area contributed by atoms with E-state index in [0.717, 1.165) is 44.5 Å². The van der Waals surface area contributed by atoms with Crippen molar-refractivity contribution in [3.8, 4) is 0 Å². The first-order chi connectivity index (χ1) is 15.5. The molecule has 4 fully saturated rings. The van der Waals surface area contributed by atoms with Crippen LogP contribution in [0.2, 0.25) is 0 Å². The highest BCUT2D eigenvalue weighted by molar-refractivity contribution is 5.96. The van der Waals surface area contributed by atoms with E-state index < -0.39 is 5.54 Å². The lowest BCUT2D eigenvalue weighted by Gasteiger charge is -2.43. The third-order valence-corrected chi connectivity index (χ3v) is 7.87. The minimum Gasteiger partial charge on any atom is -0.342 e. The smallest absolute Gasteiger partial charge is 0.250 e. The molecule has 0 radical (unpaired) electrons. The fourth-order valence-corrected chi connectivity index (χ4v) is 5.53. The lowest BCUT2D eigenvalue weighted by Crippen LogP contribution is -2.57. The van der Waals surface area contributed by atoms with E-state index in [4.69, 9.17) is 0 Å². The zero-order chi connectivity index (χ0) is 22.3. The SMILES string of the molecule is CC1CCN(C(=O)CN2CN(c3ccccc3)C3(CCN(C(=O)C4CC4)CC3)C2=O)CC1. The fourth-order valence-electron chi connectivity index (χ4n) is 5.53. The summed E-state index contributed by atoms with van der Waals surface area (Å²) in [4.78, 5) is 47.1. The number of piperidine rings is 2. The first-order valence-corrected chi connectivity index (χ1v) is 12.2. The van der Waals surface area contributed by atoms with Crippen LogP contribution in [0.25, 0.3) is 0 Å². The van der Waals surface area contributed by atoms with Crippen LogP contribution in [0.5, 0.6) is 0 Å². The van der Waals surface area contributed by atoms with Gasteiger partial charge in [-0.05, 0) is 56.6 Å². The molecular formula is C25H34N4O3. The molecule has 1 saturated carbocycles. The lowest BCUT2D eigenvalue weighted by molar-refractivity contribution is -0.142. The highest BCUT2D eigenvalue weighted by atomic mass is 16.2. The van der Waals surface area contributed by atoms with E-state index >= 15 is 0 Å². The Labute approximate surface area is 190 Å². The quantitative estimate of drug-likeness (QED) is 0.724. The monoisotopic (exact) mass is 438 g/mol. The molecule has 0 N–H and O–H groups in total. The number of nitrogens with zero attached hydrogens (tertiary/aromatic N) is 4. The molecule has 1 aromatic rings. The third-order valence-electron chi connectivity index (χ3n) is 7.87. The highest BCUT2D eigenvalue weighted by Gasteiger charge is 2.55. The second kappa shape index (κ2) is 8.41. The number of hydrogen-bond acceptors (Lipinski definition) is 4. The van der Waals surface area contributed by atoms with E-state index in [1.54, 1.807) is 4.90 Å². The van der Waals surface area contributed by atoms with E-state index in [1.165, 1.54) is 0 Å². The minimum atomic E-state index is -0.668. The van der Waals surface area contributed by atoms with Crippen LogP contribution in [0.3, 0.4) is 0 Å². The molecule has 172 valence electrons. The van der Waals surface area contributed by atoms with Crippen molar-refractivity contribution < 1.29 is 14.4 Å². The topological polar surface area (TPSA) is 64.2 Å². The van der Waals surface area contributed by atoms with E-state index in [1.807, 2.05) is 40.1 Å². The average Bonchev–Trinajstić information content (AvgIpc) is 3.64. The summed E-state index contributed by atoms with van der Waals surface area (Å²) in [6.45, 7) is 5.58. The van der Waals surface area contributed by atoms with E-state index in [2.05, 4.69) is 11.8 Å². The van der Waals surface area contributed by atoms with Crippen LogP contribution in [0.15, 0.2) is 30.3 Å². The van der Waals surface area contributed by atoms with Gasteiger partial charge in [0.2, 0.25) is 11.8 Å². The first-order valence-electron chi connectivity index (χ1n) is 12.2. The minimum absolute atomic E-state index is 0.0404. The Morgan fingerprint density at radius 2 is 1.59 bits per heavy atom. The van der Waals surface area contributed by atoms with Gasteiger partial charge in [0.1, 0.15) is 12.1 Å². The van der Waals surface area contributed by atoms with Crippen LogP contribution < -0.4 is 4.90 Å². The number of rotatable bonds is 4. The van der Waals surface area contributed by atoms with Crippen molar-refractivity contribution in [3.05, 3.63) is 30.3 Å². The number of carbonyl (C=O) groups excluding carboxylic acids is 3. The van der Waals surface area contributed by atoms with Crippen LogP contribution in [0.1, 0.15) is 45.4 Å². The van der Waals surface area contributed by atoms with Crippen molar-refractivity contribution in [2.75, 3.05) is 44.3 Å². The summed E-state index contributed by atoms with van der Waals surface area (Å²) in [7, 11) is 0. The number of hydrogen-bond donors (Lipinski definition) is 0. The zero-order valence-corrected chi connectivity index (χ0v) is 19.0. The van der Waals surface area contributed by atoms with E-state index in [0.29, 0.717) is 38.5 Å². The second-order valence-corrected chi connectivity index (χ2v) is 10.1. The van der Waals surface area contributed by atoms with Crippen LogP contribution in [0, 0.1) is 11.8 Å². The number of likely N-dealkylation sites (tertiary alicyclic amines) is 2. The molecule has 3 saturated heterocycles. The van der Waals surface area contributed by atoms with Gasteiger partial charge in [0.25, 0.3) is 5.91 Å². The molecule has 4 aliphatic rings. The van der Waals surface area contributed by atoms with Crippen molar-refractivity contribution in [1.82, 2.24) is 14.7 Å². The van der Waals surface area contributed by atoms with Gasteiger partial charge in [0, 0.05) is 37.8 Å². The Bertz CT molecular complexity index is 868. The molecule has 32 heavy (non-hydrogen) atoms. The number of benzene rings is 1. The molecule has 3 amide bonds. The molecule has 7 heteroatoms. The number of para-hydroxylation sites is 1. The summed E-state index contributed by atoms with van der Waals surface area (Å²) in [5.74, 6) is 1.21. The normalized spacial score (nSPS) is 23.8. The Morgan fingerprint density at radius 3 is 2.22 bits per heavy atom. The maximum absolute atomic E-state index is 13.8. The predicted molar refractivity (Wildman–Crippen MR) is 122 cm³/mol. The first kappa shape index (κ1) is 21.3. The number of carbonyl (C=O) groups is 3. The van der Waals surface area contributed by atoms with Gasteiger partial charge in [-0.15, -0.1) is 0 Å². The molecule has 1 aliphatic carbocycles. The van der Waals surface area contributed by atoms with E-state index in [-0.39, 0.29) is 30.2 Å². The summed E-state index contributed by atoms with van der Waals surface area (Å²) >= 11 is 0. The Morgan fingerprint density at radius 1 is 0.938 bits per heavy atom. The van der Waals surface area contributed by atoms with Gasteiger partial charge in [-0.1, -0.05) is 25.1 Å². The molecule has 3 heterocycles. The Hall–Kier alpha value is -2.57. The largest absolute Gasteiger partial charge is 0.342 e. The second-order valence-electron chi connectivity index (χ2n) is 10.1. The maximum atomic E-state index is 13.8. The van der Waals surface area contributed by atoms with Gasteiger partial charge in [0.05, 0.1) is 6.67 Å². The van der Waals surface area contributed by atoms with E-state index in [9.17, 15) is 14.4 Å². The molecule has 1 spiro atoms. The fraction of sp³-hybridized carbons (Fsp3) is 0.640. The molecule has 1 aromatic carbocycles. The molecule has 0 unspecified atom stereocenters. The third kappa shape index (κ3) is 3.86. The molecule has 7 nitrogen and oxygen atoms in total. The number of amides is 3. The standard InChI is InChI=1S/C25H34N4O3/c1-19-9-13-26(14-10-19)22(30)17-28-18-29(21-5-3-2-4-6-21)25(24(28)32)11-15-27(16-12-25)23(31)20-7-8-20/h2-6,19-20H,7-18H2,1H3. The summed E-state index contributed by atoms with van der Waals surface area (Å²) in [6.07, 6.45) is 5.30. The van der Waals surface area contributed by atoms with Crippen molar-refractivity contribution in [3.63, 3.8) is 0 Å². The lowest BCUT2D eigenvalue weighted by atomic mass is 9.85. The van der Waals surface area contributed by atoms with Gasteiger partial charge in [-0.3, -0.25) is 14.4 Å². The van der Waals surface area contributed by atoms with Gasteiger partial charge in [-0.25, -0.2) is 0 Å². The maximum Gasteiger partial charge on any atom is 0.250 e. The molecule has 0 bridgehead atoms. The highest BCUT2D eigenvalue weighted by Crippen LogP contribution is 2.41. The van der Waals surface area contributed by atoms with Crippen LogP contribution in [0.4, 0.5) is 5.69 Å². The van der Waals surface area contributed by atoms with Crippen LogP contribution >= 0.6 is 0 Å². The van der Waals surface area contributed by atoms with Crippen LogP contribution in [-0.4, -0.2) is 77.4 Å². The Balaban J connectivity index is 1.33. The molecule has 5 rings (SSSR count). The predicted octanol–water partition coefficient (Wildman–Crippen LogP) is 2.32. The molecular weight excluding hydrogens is 404 g/mol. The van der Waals surface area contributed by atoms with Gasteiger partial charge in [-0.2, -0.15) is 0 Å². The average molecular weight is 439 g/mol. The summed E-state index contributed by atoms with van der Waals surface area (Å²) in [5, 5.41) is 0. The zero-order valence-electron chi connectivity index (χ0n) is 19.0. The summed E-state index contributed by atoms with van der Waals surface area (Å²) in [5.41, 5.74) is 0.336. The van der Waals surface area contributed by atoms with Gasteiger partial charge in [0.15, 0.2) is 0 Å². The molecule has 0 atom stereocenters. The van der Waals surface area contributed by atoms with Crippen molar-refractivity contribution in [2.24, 2.45) is 11.8 Å². The van der Waals surface area contributed by atoms with Gasteiger partial charge < -0.3 is 19.6 Å². The van der Waals surface area contributed by atoms with Gasteiger partial charge >= 0.3 is 0 Å². The molecule has 0 aromatic heterocycles. The Kier molecular flexibility index (Phi) is 5.59. The van der Waals surface area contributed by atoms with Crippen molar-refractivity contribution in [2.45, 2.75) is 51.0 Å². The summed E-state index contributed by atoms with van der Waals surface area (Å²) < 4.78 is 0. The number of anilines is 1. The van der Waals surface area contributed by atoms with Crippen LogP contribution in [-0.2, 0) is 14.4 Å². The summed E-state index contributed by atoms with van der Waals surface area (Å²) in [6, 6.07) is 10.0. The van der Waals surface area contributed by atoms with Crippen molar-refractivity contribution in [1.29, 1.82) is 0 Å². The van der Waals surface area contributed by atoms with Crippen molar-refractivity contribution >= 4 is 23.4 Å².